The highest BCUT2D eigenvalue weighted by Gasteiger charge is 2.37. The van der Waals surface area contributed by atoms with Crippen LogP contribution in [0.4, 0.5) is 0 Å². The summed E-state index contributed by atoms with van der Waals surface area (Å²) in [6.07, 6.45) is 8.11. The lowest BCUT2D eigenvalue weighted by Gasteiger charge is -2.37. The van der Waals surface area contributed by atoms with Crippen LogP contribution in [0.3, 0.4) is 0 Å². The number of nitrogens with zero attached hydrogens (tertiary/aromatic N) is 4. The molecule has 22 heavy (non-hydrogen) atoms. The van der Waals surface area contributed by atoms with Gasteiger partial charge in [-0.1, -0.05) is 19.8 Å². The first-order valence-electron chi connectivity index (χ1n) is 9.01. The standard InChI is InChI=1S/C17H30N4O/c1-3-10-21-13(2)18-19-17(21)12-20-11-6-8-15(20)14-7-4-5-9-16(14)22/h14-16,22H,3-12H2,1-2H3/t14-,15-,16-/m1/s1. The minimum Gasteiger partial charge on any atom is -0.393 e. The molecule has 1 saturated heterocycles. The van der Waals surface area contributed by atoms with Crippen molar-refractivity contribution in [3.63, 3.8) is 0 Å². The summed E-state index contributed by atoms with van der Waals surface area (Å²) in [5.74, 6) is 2.57. The second-order valence-corrected chi connectivity index (χ2v) is 7.01. The van der Waals surface area contributed by atoms with Crippen LogP contribution in [0.5, 0.6) is 0 Å². The number of aliphatic hydroxyl groups excluding tert-OH is 1. The molecule has 1 N–H and O–H groups in total. The normalized spacial score (nSPS) is 30.0. The number of hydrogen-bond donors (Lipinski definition) is 1. The van der Waals surface area contributed by atoms with E-state index in [1.165, 1.54) is 32.1 Å². The van der Waals surface area contributed by atoms with E-state index in [-0.39, 0.29) is 6.10 Å². The molecule has 3 atom stereocenters. The van der Waals surface area contributed by atoms with Crippen molar-refractivity contribution in [1.82, 2.24) is 19.7 Å². The summed E-state index contributed by atoms with van der Waals surface area (Å²) in [7, 11) is 0. The molecule has 0 aromatic carbocycles. The third-order valence-electron chi connectivity index (χ3n) is 5.49. The molecule has 5 heteroatoms. The van der Waals surface area contributed by atoms with Gasteiger partial charge in [0.2, 0.25) is 0 Å². The van der Waals surface area contributed by atoms with E-state index in [1.54, 1.807) is 0 Å². The molecule has 2 heterocycles. The molecule has 5 nitrogen and oxygen atoms in total. The third-order valence-corrected chi connectivity index (χ3v) is 5.49. The predicted octanol–water partition coefficient (Wildman–Crippen LogP) is 2.51. The van der Waals surface area contributed by atoms with Crippen molar-refractivity contribution in [2.24, 2.45) is 5.92 Å². The van der Waals surface area contributed by atoms with Gasteiger partial charge < -0.3 is 9.67 Å². The van der Waals surface area contributed by atoms with Crippen LogP contribution in [0.25, 0.3) is 0 Å². The van der Waals surface area contributed by atoms with E-state index in [0.29, 0.717) is 12.0 Å². The van der Waals surface area contributed by atoms with Crippen molar-refractivity contribution in [3.8, 4) is 0 Å². The average molecular weight is 306 g/mol. The monoisotopic (exact) mass is 306 g/mol. The summed E-state index contributed by atoms with van der Waals surface area (Å²) in [5, 5.41) is 19.1. The zero-order valence-corrected chi connectivity index (χ0v) is 14.0. The second-order valence-electron chi connectivity index (χ2n) is 7.01. The topological polar surface area (TPSA) is 54.2 Å². The lowest BCUT2D eigenvalue weighted by Crippen LogP contribution is -2.42. The Balaban J connectivity index is 1.71. The molecular weight excluding hydrogens is 276 g/mol. The quantitative estimate of drug-likeness (QED) is 0.908. The fourth-order valence-electron chi connectivity index (χ4n) is 4.36. The number of rotatable bonds is 5. The minimum atomic E-state index is -0.102. The molecule has 0 radical (unpaired) electrons. The Morgan fingerprint density at radius 1 is 1.14 bits per heavy atom. The summed E-state index contributed by atoms with van der Waals surface area (Å²) in [4.78, 5) is 2.55. The molecule has 2 fully saturated rings. The van der Waals surface area contributed by atoms with Crippen LogP contribution in [0.2, 0.25) is 0 Å². The SMILES string of the molecule is CCCn1c(C)nnc1CN1CCC[C@@H]1[C@H]1CCCC[C@H]1O. The molecule has 1 aromatic heterocycles. The molecule has 3 rings (SSSR count). The predicted molar refractivity (Wildman–Crippen MR) is 86.4 cm³/mol. The first-order chi connectivity index (χ1) is 10.7. The van der Waals surface area contributed by atoms with Gasteiger partial charge in [0.1, 0.15) is 11.6 Å². The Bertz CT molecular complexity index is 487. The van der Waals surface area contributed by atoms with E-state index < -0.39 is 0 Å². The molecule has 0 amide bonds. The Hall–Kier alpha value is -0.940. The van der Waals surface area contributed by atoms with Crippen molar-refractivity contribution < 1.29 is 5.11 Å². The van der Waals surface area contributed by atoms with Gasteiger partial charge in [0.15, 0.2) is 0 Å². The van der Waals surface area contributed by atoms with Crippen LogP contribution in [0, 0.1) is 12.8 Å². The molecule has 1 aromatic rings. The fraction of sp³-hybridized carbons (Fsp3) is 0.882. The highest BCUT2D eigenvalue weighted by molar-refractivity contribution is 4.97. The van der Waals surface area contributed by atoms with Gasteiger partial charge in [-0.15, -0.1) is 10.2 Å². The average Bonchev–Trinajstić information content (AvgIpc) is 3.10. The smallest absolute Gasteiger partial charge is 0.147 e. The highest BCUT2D eigenvalue weighted by Crippen LogP contribution is 2.35. The maximum absolute atomic E-state index is 10.4. The van der Waals surface area contributed by atoms with Gasteiger partial charge in [-0.2, -0.15) is 0 Å². The molecule has 124 valence electrons. The summed E-state index contributed by atoms with van der Waals surface area (Å²) in [6.45, 7) is 7.25. The van der Waals surface area contributed by atoms with Gasteiger partial charge in [-0.25, -0.2) is 0 Å². The lowest BCUT2D eigenvalue weighted by molar-refractivity contribution is 0.0193. The third kappa shape index (κ3) is 3.20. The number of aromatic nitrogens is 3. The van der Waals surface area contributed by atoms with Crippen LogP contribution >= 0.6 is 0 Å². The number of aryl methyl sites for hydroxylation is 1. The van der Waals surface area contributed by atoms with Crippen molar-refractivity contribution in [2.45, 2.75) is 84.0 Å². The van der Waals surface area contributed by atoms with E-state index >= 15 is 0 Å². The van der Waals surface area contributed by atoms with Gasteiger partial charge in [0, 0.05) is 18.5 Å². The van der Waals surface area contributed by atoms with Gasteiger partial charge in [-0.3, -0.25) is 4.90 Å². The Morgan fingerprint density at radius 3 is 2.73 bits per heavy atom. The first-order valence-corrected chi connectivity index (χ1v) is 9.01. The lowest BCUT2D eigenvalue weighted by atomic mass is 9.80. The summed E-state index contributed by atoms with van der Waals surface area (Å²) < 4.78 is 2.26. The van der Waals surface area contributed by atoms with Crippen molar-refractivity contribution in [3.05, 3.63) is 11.6 Å². The fourth-order valence-corrected chi connectivity index (χ4v) is 4.36. The summed E-state index contributed by atoms with van der Waals surface area (Å²) in [6, 6.07) is 0.530. The zero-order chi connectivity index (χ0) is 15.5. The molecule has 1 aliphatic heterocycles. The van der Waals surface area contributed by atoms with E-state index in [0.717, 1.165) is 44.1 Å². The first kappa shape index (κ1) is 15.9. The molecule has 0 bridgehead atoms. The molecule has 0 unspecified atom stereocenters. The van der Waals surface area contributed by atoms with Crippen LogP contribution < -0.4 is 0 Å². The molecule has 0 spiro atoms. The minimum absolute atomic E-state index is 0.102. The van der Waals surface area contributed by atoms with Gasteiger partial charge in [0.05, 0.1) is 12.6 Å². The molecule has 2 aliphatic rings. The van der Waals surface area contributed by atoms with Gasteiger partial charge in [0.25, 0.3) is 0 Å². The zero-order valence-electron chi connectivity index (χ0n) is 14.0. The Labute approximate surface area is 133 Å². The maximum Gasteiger partial charge on any atom is 0.147 e. The van der Waals surface area contributed by atoms with E-state index in [4.69, 9.17) is 0 Å². The van der Waals surface area contributed by atoms with E-state index in [2.05, 4.69) is 26.6 Å². The van der Waals surface area contributed by atoms with Crippen molar-refractivity contribution >= 4 is 0 Å². The number of likely N-dealkylation sites (tertiary alicyclic amines) is 1. The van der Waals surface area contributed by atoms with Gasteiger partial charge >= 0.3 is 0 Å². The molecular formula is C17H30N4O. The maximum atomic E-state index is 10.4. The van der Waals surface area contributed by atoms with Crippen molar-refractivity contribution in [2.75, 3.05) is 6.54 Å². The molecule has 1 saturated carbocycles. The largest absolute Gasteiger partial charge is 0.393 e. The Morgan fingerprint density at radius 2 is 1.95 bits per heavy atom. The van der Waals surface area contributed by atoms with E-state index in [9.17, 15) is 5.11 Å². The van der Waals surface area contributed by atoms with Crippen molar-refractivity contribution in [1.29, 1.82) is 0 Å². The van der Waals surface area contributed by atoms with Crippen LogP contribution in [0.1, 0.15) is 63.5 Å². The van der Waals surface area contributed by atoms with Crippen LogP contribution in [-0.2, 0) is 13.1 Å². The number of hydrogen-bond acceptors (Lipinski definition) is 4. The summed E-state index contributed by atoms with van der Waals surface area (Å²) >= 11 is 0. The van der Waals surface area contributed by atoms with E-state index in [1.807, 2.05) is 6.92 Å². The Kier molecular flexibility index (Phi) is 5.14. The van der Waals surface area contributed by atoms with Gasteiger partial charge in [-0.05, 0) is 45.6 Å². The second kappa shape index (κ2) is 7.09. The van der Waals surface area contributed by atoms with Crippen LogP contribution in [-0.4, -0.2) is 43.5 Å². The molecule has 1 aliphatic carbocycles. The summed E-state index contributed by atoms with van der Waals surface area (Å²) in [5.41, 5.74) is 0. The number of aliphatic hydroxyl groups is 1. The highest BCUT2D eigenvalue weighted by atomic mass is 16.3. The van der Waals surface area contributed by atoms with Crippen LogP contribution in [0.15, 0.2) is 0 Å².